The minimum atomic E-state index is 0. The average molecular weight is 310 g/mol. The zero-order valence-corrected chi connectivity index (χ0v) is 13.1. The Morgan fingerprint density at radius 1 is 1.10 bits per heavy atom. The number of nitrogens with two attached hydrogens (primary N) is 1. The fraction of sp³-hybridized carbons (Fsp3) is 0.562. The quantitative estimate of drug-likeness (QED) is 0.921. The smallest absolute Gasteiger partial charge is 0.253 e. The predicted molar refractivity (Wildman–Crippen MR) is 86.6 cm³/mol. The second-order valence-electron chi connectivity index (χ2n) is 5.94. The number of benzene rings is 1. The van der Waals surface area contributed by atoms with Crippen LogP contribution >= 0.6 is 12.4 Å². The van der Waals surface area contributed by atoms with Crippen molar-refractivity contribution in [3.8, 4) is 0 Å². The summed E-state index contributed by atoms with van der Waals surface area (Å²) in [5.41, 5.74) is 7.42. The van der Waals surface area contributed by atoms with E-state index in [9.17, 15) is 4.79 Å². The zero-order chi connectivity index (χ0) is 13.9. The highest BCUT2D eigenvalue weighted by molar-refractivity contribution is 5.94. The van der Waals surface area contributed by atoms with Crippen LogP contribution in [-0.4, -0.2) is 48.4 Å². The molecule has 0 bridgehead atoms. The van der Waals surface area contributed by atoms with Gasteiger partial charge in [0, 0.05) is 44.8 Å². The van der Waals surface area contributed by atoms with Gasteiger partial charge < -0.3 is 10.6 Å². The number of rotatable bonds is 4. The van der Waals surface area contributed by atoms with E-state index in [-0.39, 0.29) is 18.3 Å². The largest absolute Gasteiger partial charge is 0.336 e. The maximum absolute atomic E-state index is 12.4. The van der Waals surface area contributed by atoms with E-state index in [1.165, 1.54) is 19.4 Å². The number of hydrogen-bond donors (Lipinski definition) is 1. The Labute approximate surface area is 132 Å². The molecule has 0 radical (unpaired) electrons. The fourth-order valence-electron chi connectivity index (χ4n) is 2.77. The van der Waals surface area contributed by atoms with Crippen molar-refractivity contribution in [2.24, 2.45) is 11.7 Å². The van der Waals surface area contributed by atoms with Crippen molar-refractivity contribution in [2.75, 3.05) is 32.7 Å². The van der Waals surface area contributed by atoms with Crippen molar-refractivity contribution in [2.45, 2.75) is 19.4 Å². The van der Waals surface area contributed by atoms with Gasteiger partial charge in [0.15, 0.2) is 0 Å². The molecule has 0 atom stereocenters. The molecule has 1 aromatic rings. The Kier molecular flexibility index (Phi) is 5.62. The highest BCUT2D eigenvalue weighted by atomic mass is 35.5. The summed E-state index contributed by atoms with van der Waals surface area (Å²) in [6, 6.07) is 7.66. The Bertz CT molecular complexity index is 465. The summed E-state index contributed by atoms with van der Waals surface area (Å²) in [4.78, 5) is 16.9. The topological polar surface area (TPSA) is 49.6 Å². The number of carbonyl (C=O) groups is 1. The van der Waals surface area contributed by atoms with Crippen LogP contribution < -0.4 is 5.73 Å². The van der Waals surface area contributed by atoms with Crippen LogP contribution in [0.2, 0.25) is 0 Å². The summed E-state index contributed by atoms with van der Waals surface area (Å²) in [6.07, 6.45) is 2.79. The van der Waals surface area contributed by atoms with E-state index >= 15 is 0 Å². The van der Waals surface area contributed by atoms with Crippen molar-refractivity contribution in [3.05, 3.63) is 35.4 Å². The van der Waals surface area contributed by atoms with E-state index in [1.807, 2.05) is 29.2 Å². The zero-order valence-electron chi connectivity index (χ0n) is 12.3. The molecule has 21 heavy (non-hydrogen) atoms. The van der Waals surface area contributed by atoms with Crippen LogP contribution in [0.5, 0.6) is 0 Å². The van der Waals surface area contributed by atoms with Gasteiger partial charge in [0.2, 0.25) is 0 Å². The molecule has 2 aliphatic rings. The molecule has 3 rings (SSSR count). The molecule has 1 aromatic carbocycles. The first-order valence-corrected chi connectivity index (χ1v) is 7.57. The van der Waals surface area contributed by atoms with Crippen molar-refractivity contribution in [1.29, 1.82) is 0 Å². The van der Waals surface area contributed by atoms with Crippen molar-refractivity contribution in [1.82, 2.24) is 9.80 Å². The van der Waals surface area contributed by atoms with Gasteiger partial charge in [-0.2, -0.15) is 0 Å². The number of amides is 1. The summed E-state index contributed by atoms with van der Waals surface area (Å²) in [6.45, 7) is 5.49. The van der Waals surface area contributed by atoms with Crippen LogP contribution in [0.4, 0.5) is 0 Å². The molecule has 5 heteroatoms. The van der Waals surface area contributed by atoms with Crippen LogP contribution in [0.25, 0.3) is 0 Å². The summed E-state index contributed by atoms with van der Waals surface area (Å²) < 4.78 is 0. The fourth-order valence-corrected chi connectivity index (χ4v) is 2.77. The minimum Gasteiger partial charge on any atom is -0.336 e. The van der Waals surface area contributed by atoms with E-state index in [4.69, 9.17) is 5.73 Å². The molecule has 116 valence electrons. The molecule has 0 spiro atoms. The Balaban J connectivity index is 0.00000161. The van der Waals surface area contributed by atoms with Gasteiger partial charge in [0.25, 0.3) is 5.91 Å². The average Bonchev–Trinajstić information content (AvgIpc) is 3.31. The minimum absolute atomic E-state index is 0. The highest BCUT2D eigenvalue weighted by Gasteiger charge is 2.27. The SMILES string of the molecule is Cl.NCc1ccc(C(=O)N2CCN(CC3CC3)CC2)cc1. The highest BCUT2D eigenvalue weighted by Crippen LogP contribution is 2.29. The van der Waals surface area contributed by atoms with Gasteiger partial charge in [-0.15, -0.1) is 12.4 Å². The number of halogens is 1. The first kappa shape index (κ1) is 16.3. The lowest BCUT2D eigenvalue weighted by molar-refractivity contribution is 0.0632. The van der Waals surface area contributed by atoms with Crippen LogP contribution in [0.15, 0.2) is 24.3 Å². The summed E-state index contributed by atoms with van der Waals surface area (Å²) in [7, 11) is 0. The molecule has 1 saturated carbocycles. The summed E-state index contributed by atoms with van der Waals surface area (Å²) >= 11 is 0. The third-order valence-corrected chi connectivity index (χ3v) is 4.31. The van der Waals surface area contributed by atoms with Gasteiger partial charge in [-0.3, -0.25) is 9.69 Å². The van der Waals surface area contributed by atoms with Gasteiger partial charge >= 0.3 is 0 Å². The van der Waals surface area contributed by atoms with E-state index in [1.54, 1.807) is 0 Å². The first-order valence-electron chi connectivity index (χ1n) is 7.57. The second-order valence-corrected chi connectivity index (χ2v) is 5.94. The number of piperazine rings is 1. The van der Waals surface area contributed by atoms with E-state index in [2.05, 4.69) is 4.90 Å². The molecule has 1 amide bonds. The Hall–Kier alpha value is -1.10. The molecule has 4 nitrogen and oxygen atoms in total. The molecule has 2 fully saturated rings. The molecule has 1 aliphatic carbocycles. The number of nitrogens with zero attached hydrogens (tertiary/aromatic N) is 2. The third-order valence-electron chi connectivity index (χ3n) is 4.31. The lowest BCUT2D eigenvalue weighted by Crippen LogP contribution is -2.49. The van der Waals surface area contributed by atoms with Gasteiger partial charge in [-0.05, 0) is 36.5 Å². The van der Waals surface area contributed by atoms with Gasteiger partial charge in [0.1, 0.15) is 0 Å². The van der Waals surface area contributed by atoms with Crippen molar-refractivity contribution >= 4 is 18.3 Å². The molecule has 0 unspecified atom stereocenters. The Morgan fingerprint density at radius 3 is 2.24 bits per heavy atom. The second kappa shape index (κ2) is 7.25. The molecule has 1 saturated heterocycles. The van der Waals surface area contributed by atoms with E-state index in [0.717, 1.165) is 43.2 Å². The van der Waals surface area contributed by atoms with Crippen LogP contribution in [0.1, 0.15) is 28.8 Å². The summed E-state index contributed by atoms with van der Waals surface area (Å²) in [5, 5.41) is 0. The third kappa shape index (κ3) is 4.19. The van der Waals surface area contributed by atoms with Crippen LogP contribution in [-0.2, 0) is 6.54 Å². The number of carbonyl (C=O) groups excluding carboxylic acids is 1. The first-order chi connectivity index (χ1) is 9.76. The molecule has 1 aliphatic heterocycles. The van der Waals surface area contributed by atoms with E-state index < -0.39 is 0 Å². The van der Waals surface area contributed by atoms with Crippen LogP contribution in [0.3, 0.4) is 0 Å². The molecular weight excluding hydrogens is 286 g/mol. The maximum atomic E-state index is 12.4. The molecule has 2 N–H and O–H groups in total. The van der Waals surface area contributed by atoms with Gasteiger partial charge in [-0.25, -0.2) is 0 Å². The molecule has 0 aromatic heterocycles. The normalized spacial score (nSPS) is 19.2. The number of hydrogen-bond acceptors (Lipinski definition) is 3. The lowest BCUT2D eigenvalue weighted by Gasteiger charge is -2.34. The van der Waals surface area contributed by atoms with Gasteiger partial charge in [0.05, 0.1) is 0 Å². The monoisotopic (exact) mass is 309 g/mol. The van der Waals surface area contributed by atoms with Crippen molar-refractivity contribution < 1.29 is 4.79 Å². The van der Waals surface area contributed by atoms with E-state index in [0.29, 0.717) is 6.54 Å². The maximum Gasteiger partial charge on any atom is 0.253 e. The summed E-state index contributed by atoms with van der Waals surface area (Å²) in [5.74, 6) is 1.08. The molecule has 1 heterocycles. The van der Waals surface area contributed by atoms with Crippen molar-refractivity contribution in [3.63, 3.8) is 0 Å². The lowest BCUT2D eigenvalue weighted by atomic mass is 10.1. The Morgan fingerprint density at radius 2 is 1.71 bits per heavy atom. The predicted octanol–water partition coefficient (Wildman–Crippen LogP) is 1.73. The molecular formula is C16H24ClN3O. The standard InChI is InChI=1S/C16H23N3O.ClH/c17-11-13-3-5-15(6-4-13)16(20)19-9-7-18(8-10-19)12-14-1-2-14;/h3-6,14H,1-2,7-12,17H2;1H. The van der Waals surface area contributed by atoms with Gasteiger partial charge in [-0.1, -0.05) is 12.1 Å². The van der Waals surface area contributed by atoms with Crippen LogP contribution in [0, 0.1) is 5.92 Å².